The fourth-order valence-electron chi connectivity index (χ4n) is 1.62. The molecule has 2 aromatic heterocycles. The molecule has 0 atom stereocenters. The normalized spacial score (nSPS) is 10.1. The van der Waals surface area contributed by atoms with E-state index in [0.717, 1.165) is 17.5 Å². The topological polar surface area (TPSA) is 55.2 Å². The van der Waals surface area contributed by atoms with E-state index < -0.39 is 5.82 Å². The minimum atomic E-state index is -0.408. The fourth-order valence-corrected chi connectivity index (χ4v) is 1.62. The van der Waals surface area contributed by atoms with Crippen molar-refractivity contribution < 1.29 is 18.6 Å². The second-order valence-corrected chi connectivity index (χ2v) is 4.59. The molecule has 0 aliphatic carbocycles. The van der Waals surface area contributed by atoms with E-state index in [1.807, 2.05) is 13.8 Å². The van der Waals surface area contributed by atoms with Crippen LogP contribution in [0.25, 0.3) is 0 Å². The van der Waals surface area contributed by atoms with Crippen molar-refractivity contribution in [2.75, 3.05) is 6.61 Å². The summed E-state index contributed by atoms with van der Waals surface area (Å²) in [5.74, 6) is -0.718. The zero-order valence-corrected chi connectivity index (χ0v) is 12.9. The van der Waals surface area contributed by atoms with Crippen molar-refractivity contribution in [1.29, 1.82) is 0 Å². The van der Waals surface area contributed by atoms with Crippen LogP contribution in [0.4, 0.5) is 8.78 Å². The Hall–Kier alpha value is -1.92. The summed E-state index contributed by atoms with van der Waals surface area (Å²) in [5.41, 5.74) is 2.85. The Labute approximate surface area is 128 Å². The third kappa shape index (κ3) is 5.83. The third-order valence-corrected chi connectivity index (χ3v) is 2.95. The number of rotatable bonds is 4. The predicted molar refractivity (Wildman–Crippen MR) is 79.1 cm³/mol. The lowest BCUT2D eigenvalue weighted by molar-refractivity contribution is 0.133. The first kappa shape index (κ1) is 18.1. The van der Waals surface area contributed by atoms with Gasteiger partial charge >= 0.3 is 0 Å². The average molecular weight is 310 g/mol. The van der Waals surface area contributed by atoms with E-state index in [2.05, 4.69) is 9.97 Å². The summed E-state index contributed by atoms with van der Waals surface area (Å²) in [7, 11) is 0. The van der Waals surface area contributed by atoms with Gasteiger partial charge < -0.3 is 9.84 Å². The van der Waals surface area contributed by atoms with Gasteiger partial charge in [-0.05, 0) is 32.9 Å². The molecule has 0 fully saturated rings. The summed E-state index contributed by atoms with van der Waals surface area (Å²) in [6, 6.07) is 2.74. The highest BCUT2D eigenvalue weighted by atomic mass is 19.1. The van der Waals surface area contributed by atoms with Crippen molar-refractivity contribution in [3.8, 4) is 0 Å². The van der Waals surface area contributed by atoms with Gasteiger partial charge in [-0.25, -0.2) is 8.78 Å². The molecule has 0 radical (unpaired) electrons. The molecule has 0 spiro atoms. The van der Waals surface area contributed by atoms with Crippen LogP contribution < -0.4 is 0 Å². The lowest BCUT2D eigenvalue weighted by Crippen LogP contribution is -1.97. The van der Waals surface area contributed by atoms with Crippen LogP contribution in [0, 0.1) is 25.5 Å². The highest BCUT2D eigenvalue weighted by Gasteiger charge is 2.00. The van der Waals surface area contributed by atoms with E-state index in [9.17, 15) is 8.78 Å². The minimum absolute atomic E-state index is 0.156. The number of aromatic nitrogens is 2. The van der Waals surface area contributed by atoms with Crippen LogP contribution in [-0.2, 0) is 18.0 Å². The molecule has 0 unspecified atom stereocenters. The molecule has 0 bridgehead atoms. The van der Waals surface area contributed by atoms with Crippen molar-refractivity contribution in [1.82, 2.24) is 9.97 Å². The van der Waals surface area contributed by atoms with Crippen LogP contribution in [0.1, 0.15) is 29.4 Å². The zero-order chi connectivity index (χ0) is 16.5. The van der Waals surface area contributed by atoms with Crippen molar-refractivity contribution >= 4 is 0 Å². The van der Waals surface area contributed by atoms with Gasteiger partial charge in [-0.2, -0.15) is 0 Å². The molecule has 120 valence electrons. The Morgan fingerprint density at radius 2 is 1.50 bits per heavy atom. The second kappa shape index (κ2) is 9.17. The van der Waals surface area contributed by atoms with Crippen molar-refractivity contribution in [2.45, 2.75) is 34.0 Å². The largest absolute Gasteiger partial charge is 0.392 e. The van der Waals surface area contributed by atoms with Gasteiger partial charge in [0.1, 0.15) is 11.6 Å². The van der Waals surface area contributed by atoms with E-state index in [0.29, 0.717) is 24.5 Å². The van der Waals surface area contributed by atoms with E-state index in [4.69, 9.17) is 9.84 Å². The Morgan fingerprint density at radius 1 is 1.00 bits per heavy atom. The quantitative estimate of drug-likeness (QED) is 0.943. The number of aliphatic hydroxyl groups excluding tert-OH is 1. The Morgan fingerprint density at radius 3 is 1.95 bits per heavy atom. The first-order valence-corrected chi connectivity index (χ1v) is 6.88. The molecule has 2 rings (SSSR count). The molecular formula is C16H20F2N2O2. The Balaban J connectivity index is 0.000000224. The summed E-state index contributed by atoms with van der Waals surface area (Å²) in [6.07, 6.45) is 2.35. The van der Waals surface area contributed by atoms with E-state index in [1.54, 1.807) is 6.92 Å². The Bertz CT molecular complexity index is 607. The average Bonchev–Trinajstić information content (AvgIpc) is 2.51. The molecule has 0 saturated carbocycles. The van der Waals surface area contributed by atoms with Crippen LogP contribution in [0.15, 0.2) is 24.5 Å². The first-order valence-electron chi connectivity index (χ1n) is 6.88. The molecule has 0 amide bonds. The van der Waals surface area contributed by atoms with Gasteiger partial charge in [-0.3, -0.25) is 9.97 Å². The van der Waals surface area contributed by atoms with Gasteiger partial charge in [-0.15, -0.1) is 0 Å². The molecule has 1 N–H and O–H groups in total. The number of halogens is 2. The monoisotopic (exact) mass is 310 g/mol. The molecule has 2 heterocycles. The van der Waals surface area contributed by atoms with Gasteiger partial charge in [0, 0.05) is 29.1 Å². The van der Waals surface area contributed by atoms with Crippen molar-refractivity contribution in [2.24, 2.45) is 0 Å². The van der Waals surface area contributed by atoms with E-state index in [1.165, 1.54) is 18.3 Å². The van der Waals surface area contributed by atoms with Crippen LogP contribution >= 0.6 is 0 Å². The molecule has 0 aliphatic heterocycles. The highest BCUT2D eigenvalue weighted by molar-refractivity contribution is 5.18. The third-order valence-electron chi connectivity index (χ3n) is 2.95. The second-order valence-electron chi connectivity index (χ2n) is 4.59. The first-order chi connectivity index (χ1) is 10.5. The maximum atomic E-state index is 12.7. The van der Waals surface area contributed by atoms with E-state index >= 15 is 0 Å². The summed E-state index contributed by atoms with van der Waals surface area (Å²) in [4.78, 5) is 7.59. The molecule has 0 saturated heterocycles. The smallest absolute Gasteiger partial charge is 0.141 e. The molecule has 6 heteroatoms. The predicted octanol–water partition coefficient (Wildman–Crippen LogP) is 3.09. The van der Waals surface area contributed by atoms with E-state index in [-0.39, 0.29) is 12.4 Å². The molecule has 22 heavy (non-hydrogen) atoms. The molecule has 0 aromatic carbocycles. The molecule has 2 aromatic rings. The van der Waals surface area contributed by atoms with Gasteiger partial charge in [-0.1, -0.05) is 0 Å². The van der Waals surface area contributed by atoms with Gasteiger partial charge in [0.2, 0.25) is 0 Å². The van der Waals surface area contributed by atoms with Gasteiger partial charge in [0.15, 0.2) is 0 Å². The number of pyridine rings is 2. The number of aryl methyl sites for hydroxylation is 2. The summed E-state index contributed by atoms with van der Waals surface area (Å²) < 4.78 is 30.2. The number of hydrogen-bond acceptors (Lipinski definition) is 4. The number of nitrogens with zero attached hydrogens (tertiary/aromatic N) is 2. The molecular weight excluding hydrogens is 290 g/mol. The van der Waals surface area contributed by atoms with Crippen molar-refractivity contribution in [3.05, 3.63) is 58.7 Å². The standard InChI is InChI=1S/C9H12FNO.C7H8FNO/c1-3-12-6-8-4-9(10)5-11-7(8)2;1-5-6(4-10)2-7(8)3-9-5/h4-5H,3,6H2,1-2H3;2-3,10H,4H2,1H3. The van der Waals surface area contributed by atoms with Gasteiger partial charge in [0.25, 0.3) is 0 Å². The zero-order valence-electron chi connectivity index (χ0n) is 12.9. The summed E-state index contributed by atoms with van der Waals surface area (Å²) >= 11 is 0. The van der Waals surface area contributed by atoms with Gasteiger partial charge in [0.05, 0.1) is 25.6 Å². The summed E-state index contributed by atoms with van der Waals surface area (Å²) in [6.45, 7) is 6.39. The lowest BCUT2D eigenvalue weighted by atomic mass is 10.2. The maximum absolute atomic E-state index is 12.7. The fraction of sp³-hybridized carbons (Fsp3) is 0.375. The summed E-state index contributed by atoms with van der Waals surface area (Å²) in [5, 5.41) is 8.64. The minimum Gasteiger partial charge on any atom is -0.392 e. The van der Waals surface area contributed by atoms with Crippen LogP contribution in [-0.4, -0.2) is 21.7 Å². The molecule has 0 aliphatic rings. The maximum Gasteiger partial charge on any atom is 0.141 e. The highest BCUT2D eigenvalue weighted by Crippen LogP contribution is 2.08. The number of ether oxygens (including phenoxy) is 1. The lowest BCUT2D eigenvalue weighted by Gasteiger charge is -2.04. The van der Waals surface area contributed by atoms with Crippen LogP contribution in [0.3, 0.4) is 0 Å². The van der Waals surface area contributed by atoms with Crippen LogP contribution in [0.5, 0.6) is 0 Å². The number of aliphatic hydroxyl groups is 1. The van der Waals surface area contributed by atoms with Crippen molar-refractivity contribution in [3.63, 3.8) is 0 Å². The van der Waals surface area contributed by atoms with Crippen LogP contribution in [0.2, 0.25) is 0 Å². The number of hydrogen-bond donors (Lipinski definition) is 1. The Kier molecular flexibility index (Phi) is 7.56. The molecule has 4 nitrogen and oxygen atoms in total. The SMILES string of the molecule is CCOCc1cc(F)cnc1C.Cc1ncc(F)cc1CO.